The summed E-state index contributed by atoms with van der Waals surface area (Å²) in [5.74, 6) is 1.11. The SMILES string of the molecule is Cc1ccc(CNC(=O)[C@H]2CCCN(C(=O)c3cc(-c4ccncc4)n[nH]3)C2)o1. The summed E-state index contributed by atoms with van der Waals surface area (Å²) >= 11 is 0. The van der Waals surface area contributed by atoms with Crippen molar-refractivity contribution < 1.29 is 14.0 Å². The molecule has 1 saturated heterocycles. The second kappa shape index (κ2) is 8.30. The van der Waals surface area contributed by atoms with Gasteiger partial charge in [-0.05, 0) is 50.1 Å². The van der Waals surface area contributed by atoms with Crippen molar-refractivity contribution in [3.8, 4) is 11.3 Å². The first-order valence-corrected chi connectivity index (χ1v) is 9.68. The van der Waals surface area contributed by atoms with Crippen molar-refractivity contribution in [3.63, 3.8) is 0 Å². The van der Waals surface area contributed by atoms with Gasteiger partial charge in [-0.2, -0.15) is 5.10 Å². The standard InChI is InChI=1S/C21H23N5O3/c1-14-4-5-17(29-14)12-23-20(27)16-3-2-10-26(13-16)21(28)19-11-18(24-25-19)15-6-8-22-9-7-15/h4-9,11,16H,2-3,10,12-13H2,1H3,(H,23,27)(H,24,25)/t16-/m0/s1. The Bertz CT molecular complexity index is 995. The monoisotopic (exact) mass is 393 g/mol. The van der Waals surface area contributed by atoms with Crippen LogP contribution in [0.2, 0.25) is 0 Å². The third kappa shape index (κ3) is 4.37. The largest absolute Gasteiger partial charge is 0.465 e. The van der Waals surface area contributed by atoms with E-state index in [0.717, 1.165) is 29.9 Å². The molecule has 1 aliphatic heterocycles. The molecular weight excluding hydrogens is 370 g/mol. The fourth-order valence-electron chi connectivity index (χ4n) is 3.55. The minimum absolute atomic E-state index is 0.0568. The number of furan rings is 1. The number of carbonyl (C=O) groups excluding carboxylic acids is 2. The van der Waals surface area contributed by atoms with Crippen LogP contribution in [0.15, 0.2) is 47.1 Å². The van der Waals surface area contributed by atoms with Crippen molar-refractivity contribution in [2.75, 3.05) is 13.1 Å². The summed E-state index contributed by atoms with van der Waals surface area (Å²) in [7, 11) is 0. The van der Waals surface area contributed by atoms with Gasteiger partial charge in [-0.1, -0.05) is 0 Å². The number of carbonyl (C=O) groups is 2. The van der Waals surface area contributed by atoms with Crippen LogP contribution in [0.1, 0.15) is 34.9 Å². The van der Waals surface area contributed by atoms with Crippen molar-refractivity contribution >= 4 is 11.8 Å². The molecular formula is C21H23N5O3. The molecule has 0 aromatic carbocycles. The molecule has 3 aromatic rings. The zero-order chi connectivity index (χ0) is 20.2. The Morgan fingerprint density at radius 3 is 2.86 bits per heavy atom. The second-order valence-electron chi connectivity index (χ2n) is 7.22. The predicted molar refractivity (Wildman–Crippen MR) is 106 cm³/mol. The van der Waals surface area contributed by atoms with Gasteiger partial charge in [0, 0.05) is 31.0 Å². The van der Waals surface area contributed by atoms with Crippen molar-refractivity contribution in [3.05, 3.63) is 59.9 Å². The minimum atomic E-state index is -0.230. The van der Waals surface area contributed by atoms with Gasteiger partial charge in [-0.15, -0.1) is 0 Å². The van der Waals surface area contributed by atoms with Gasteiger partial charge in [0.05, 0.1) is 18.2 Å². The van der Waals surface area contributed by atoms with Crippen LogP contribution >= 0.6 is 0 Å². The molecule has 2 N–H and O–H groups in total. The molecule has 0 radical (unpaired) electrons. The van der Waals surface area contributed by atoms with Crippen molar-refractivity contribution in [2.45, 2.75) is 26.3 Å². The second-order valence-corrected chi connectivity index (χ2v) is 7.22. The van der Waals surface area contributed by atoms with Crippen LogP contribution in [-0.2, 0) is 11.3 Å². The zero-order valence-electron chi connectivity index (χ0n) is 16.2. The maximum absolute atomic E-state index is 12.9. The van der Waals surface area contributed by atoms with E-state index in [4.69, 9.17) is 4.42 Å². The molecule has 0 spiro atoms. The van der Waals surface area contributed by atoms with Crippen LogP contribution in [-0.4, -0.2) is 45.0 Å². The summed E-state index contributed by atoms with van der Waals surface area (Å²) in [4.78, 5) is 31.2. The van der Waals surface area contributed by atoms with Crippen molar-refractivity contribution in [1.82, 2.24) is 25.4 Å². The Labute approximate surface area is 168 Å². The molecule has 2 amide bonds. The Morgan fingerprint density at radius 1 is 1.28 bits per heavy atom. The highest BCUT2D eigenvalue weighted by Gasteiger charge is 2.29. The number of nitrogens with zero attached hydrogens (tertiary/aromatic N) is 3. The molecule has 3 aromatic heterocycles. The molecule has 0 aliphatic carbocycles. The van der Waals surface area contributed by atoms with Crippen molar-refractivity contribution in [2.24, 2.45) is 5.92 Å². The molecule has 8 heteroatoms. The maximum Gasteiger partial charge on any atom is 0.271 e. The number of hydrogen-bond donors (Lipinski definition) is 2. The van der Waals surface area contributed by atoms with Crippen molar-refractivity contribution in [1.29, 1.82) is 0 Å². The van der Waals surface area contributed by atoms with Gasteiger partial charge in [-0.3, -0.25) is 19.7 Å². The quantitative estimate of drug-likeness (QED) is 0.693. The first-order valence-electron chi connectivity index (χ1n) is 9.68. The van der Waals surface area contributed by atoms with E-state index in [1.54, 1.807) is 23.4 Å². The van der Waals surface area contributed by atoms with Crippen LogP contribution in [0.3, 0.4) is 0 Å². The van der Waals surface area contributed by atoms with Gasteiger partial charge >= 0.3 is 0 Å². The summed E-state index contributed by atoms with van der Waals surface area (Å²) in [5.41, 5.74) is 2.00. The molecule has 1 aliphatic rings. The molecule has 0 saturated carbocycles. The lowest BCUT2D eigenvalue weighted by molar-refractivity contribution is -0.126. The number of pyridine rings is 1. The van der Waals surface area contributed by atoms with E-state index < -0.39 is 0 Å². The topological polar surface area (TPSA) is 104 Å². The number of amides is 2. The van der Waals surface area contributed by atoms with E-state index in [-0.39, 0.29) is 17.7 Å². The Hall–Kier alpha value is -3.42. The highest BCUT2D eigenvalue weighted by atomic mass is 16.3. The fourth-order valence-corrected chi connectivity index (χ4v) is 3.55. The van der Waals surface area contributed by atoms with Crippen LogP contribution in [0.4, 0.5) is 0 Å². The van der Waals surface area contributed by atoms with Gasteiger partial charge in [0.25, 0.3) is 5.91 Å². The number of aromatic amines is 1. The third-order valence-electron chi connectivity index (χ3n) is 5.10. The molecule has 150 valence electrons. The van der Waals surface area contributed by atoms with E-state index in [1.807, 2.05) is 31.2 Å². The van der Waals surface area contributed by atoms with E-state index >= 15 is 0 Å². The van der Waals surface area contributed by atoms with Gasteiger partial charge in [0.2, 0.25) is 5.91 Å². The van der Waals surface area contributed by atoms with E-state index in [2.05, 4.69) is 20.5 Å². The highest BCUT2D eigenvalue weighted by molar-refractivity contribution is 5.94. The molecule has 8 nitrogen and oxygen atoms in total. The molecule has 4 heterocycles. The first-order chi connectivity index (χ1) is 14.1. The Morgan fingerprint density at radius 2 is 2.10 bits per heavy atom. The molecule has 0 bridgehead atoms. The lowest BCUT2D eigenvalue weighted by Crippen LogP contribution is -2.45. The van der Waals surface area contributed by atoms with Crippen LogP contribution < -0.4 is 5.32 Å². The fraction of sp³-hybridized carbons (Fsp3) is 0.333. The molecule has 1 fully saturated rings. The summed E-state index contributed by atoms with van der Waals surface area (Å²) in [5, 5.41) is 9.96. The average Bonchev–Trinajstić information content (AvgIpc) is 3.41. The number of piperidine rings is 1. The Kier molecular flexibility index (Phi) is 5.41. The zero-order valence-corrected chi connectivity index (χ0v) is 16.2. The van der Waals surface area contributed by atoms with Crippen LogP contribution in [0.5, 0.6) is 0 Å². The molecule has 4 rings (SSSR count). The summed E-state index contributed by atoms with van der Waals surface area (Å²) in [6.07, 6.45) is 4.92. The average molecular weight is 393 g/mol. The third-order valence-corrected chi connectivity index (χ3v) is 5.10. The summed E-state index contributed by atoms with van der Waals surface area (Å²) in [6, 6.07) is 9.14. The summed E-state index contributed by atoms with van der Waals surface area (Å²) in [6.45, 7) is 3.24. The van der Waals surface area contributed by atoms with Crippen LogP contribution in [0.25, 0.3) is 11.3 Å². The first kappa shape index (κ1) is 18.9. The van der Waals surface area contributed by atoms with E-state index in [9.17, 15) is 9.59 Å². The number of rotatable bonds is 5. The normalized spacial score (nSPS) is 16.6. The lowest BCUT2D eigenvalue weighted by Gasteiger charge is -2.31. The number of H-pyrrole nitrogens is 1. The Balaban J connectivity index is 1.37. The van der Waals surface area contributed by atoms with Gasteiger partial charge < -0.3 is 14.6 Å². The van der Waals surface area contributed by atoms with E-state index in [0.29, 0.717) is 31.0 Å². The smallest absolute Gasteiger partial charge is 0.271 e. The number of hydrogen-bond acceptors (Lipinski definition) is 5. The minimum Gasteiger partial charge on any atom is -0.465 e. The predicted octanol–water partition coefficient (Wildman–Crippen LogP) is 2.54. The van der Waals surface area contributed by atoms with E-state index in [1.165, 1.54) is 0 Å². The summed E-state index contributed by atoms with van der Waals surface area (Å²) < 4.78 is 5.48. The molecule has 0 unspecified atom stereocenters. The lowest BCUT2D eigenvalue weighted by atomic mass is 9.97. The maximum atomic E-state index is 12.9. The van der Waals surface area contributed by atoms with Gasteiger partial charge in [0.1, 0.15) is 17.2 Å². The molecule has 1 atom stereocenters. The number of nitrogens with one attached hydrogen (secondary N) is 2. The number of aromatic nitrogens is 3. The molecule has 29 heavy (non-hydrogen) atoms. The highest BCUT2D eigenvalue weighted by Crippen LogP contribution is 2.21. The van der Waals surface area contributed by atoms with Crippen LogP contribution in [0, 0.1) is 12.8 Å². The van der Waals surface area contributed by atoms with Gasteiger partial charge in [-0.25, -0.2) is 0 Å². The number of likely N-dealkylation sites (tertiary alicyclic amines) is 1. The van der Waals surface area contributed by atoms with Gasteiger partial charge in [0.15, 0.2) is 0 Å². The number of aryl methyl sites for hydroxylation is 1.